The molecule has 0 spiro atoms. The third-order valence-corrected chi connectivity index (χ3v) is 6.66. The molecule has 0 fully saturated rings. The third kappa shape index (κ3) is 2.11. The van der Waals surface area contributed by atoms with Crippen LogP contribution in [0.1, 0.15) is 0 Å². The number of nitrogens with zero attached hydrogens (tertiary/aromatic N) is 5. The van der Waals surface area contributed by atoms with E-state index in [1.165, 1.54) is 37.7 Å². The molecule has 0 unspecified atom stereocenters. The summed E-state index contributed by atoms with van der Waals surface area (Å²) in [5, 5.41) is 9.50. The Morgan fingerprint density at radius 3 is 1.85 bits per heavy atom. The van der Waals surface area contributed by atoms with Crippen molar-refractivity contribution in [1.29, 1.82) is 0 Å². The van der Waals surface area contributed by atoms with Crippen molar-refractivity contribution >= 4 is 71.1 Å². The summed E-state index contributed by atoms with van der Waals surface area (Å²) in [6.07, 6.45) is 5.49. The second kappa shape index (κ2) is 5.99. The van der Waals surface area contributed by atoms with Crippen molar-refractivity contribution in [1.82, 2.24) is 24.3 Å². The highest BCUT2D eigenvalue weighted by Gasteiger charge is 2.20. The summed E-state index contributed by atoms with van der Waals surface area (Å²) < 4.78 is 2.19. The molecular weight excluding hydrogens is 406 g/mol. The van der Waals surface area contributed by atoms with Crippen LogP contribution in [0, 0.1) is 0 Å². The fraction of sp³-hybridized carbons (Fsp3) is 0. The zero-order valence-electron chi connectivity index (χ0n) is 17.4. The molecule has 0 N–H and O–H groups in total. The fourth-order valence-corrected chi connectivity index (χ4v) is 5.34. The second-order valence-corrected chi connectivity index (χ2v) is 8.38. The molecule has 8 aromatic rings. The van der Waals surface area contributed by atoms with Gasteiger partial charge in [0.05, 0.1) is 5.52 Å². The van der Waals surface area contributed by atoms with Crippen LogP contribution in [-0.4, -0.2) is 24.3 Å². The molecule has 0 aliphatic rings. The normalized spacial score (nSPS) is 12.2. The van der Waals surface area contributed by atoms with Gasteiger partial charge in [-0.1, -0.05) is 72.8 Å². The first-order chi connectivity index (χ1) is 16.4. The van der Waals surface area contributed by atoms with E-state index in [2.05, 4.69) is 93.4 Å². The number of aromatic nitrogens is 5. The SMILES string of the molecule is c1ccc2c(c1)cn1c3nc4nccnc4nc3c3c4ccccc4c4ccccc4c3c21. The van der Waals surface area contributed by atoms with Crippen molar-refractivity contribution in [3.05, 3.63) is 91.4 Å². The van der Waals surface area contributed by atoms with Crippen molar-refractivity contribution in [3.8, 4) is 0 Å². The van der Waals surface area contributed by atoms with E-state index >= 15 is 0 Å². The smallest absolute Gasteiger partial charge is 0.199 e. The Labute approximate surface area is 187 Å². The number of rotatable bonds is 0. The molecule has 4 aromatic heterocycles. The van der Waals surface area contributed by atoms with Gasteiger partial charge in [0, 0.05) is 40.1 Å². The summed E-state index contributed by atoms with van der Waals surface area (Å²) in [4.78, 5) is 18.9. The van der Waals surface area contributed by atoms with E-state index < -0.39 is 0 Å². The first-order valence-electron chi connectivity index (χ1n) is 10.9. The Morgan fingerprint density at radius 2 is 1.12 bits per heavy atom. The number of hydrogen-bond donors (Lipinski definition) is 0. The highest BCUT2D eigenvalue weighted by atomic mass is 15.1. The molecule has 0 bridgehead atoms. The molecule has 4 heterocycles. The Bertz CT molecular complexity index is 2090. The topological polar surface area (TPSA) is 56.0 Å². The van der Waals surface area contributed by atoms with Crippen LogP contribution in [-0.2, 0) is 0 Å². The Balaban J connectivity index is 1.85. The minimum absolute atomic E-state index is 0.550. The summed E-state index contributed by atoms with van der Waals surface area (Å²) in [6, 6.07) is 25.7. The van der Waals surface area contributed by atoms with Gasteiger partial charge in [0.1, 0.15) is 5.52 Å². The lowest BCUT2D eigenvalue weighted by Gasteiger charge is -2.15. The average molecular weight is 421 g/mol. The first kappa shape index (κ1) is 17.0. The van der Waals surface area contributed by atoms with Crippen LogP contribution in [0.5, 0.6) is 0 Å². The van der Waals surface area contributed by atoms with Crippen molar-refractivity contribution in [2.75, 3.05) is 0 Å². The predicted molar refractivity (Wildman–Crippen MR) is 134 cm³/mol. The van der Waals surface area contributed by atoms with Crippen LogP contribution in [0.3, 0.4) is 0 Å². The summed E-state index contributed by atoms with van der Waals surface area (Å²) in [6.45, 7) is 0. The Kier molecular flexibility index (Phi) is 3.08. The molecule has 0 aliphatic heterocycles. The van der Waals surface area contributed by atoms with Gasteiger partial charge < -0.3 is 0 Å². The lowest BCUT2D eigenvalue weighted by molar-refractivity contribution is 1.16. The van der Waals surface area contributed by atoms with Crippen molar-refractivity contribution < 1.29 is 0 Å². The zero-order chi connectivity index (χ0) is 21.5. The summed E-state index contributed by atoms with van der Waals surface area (Å²) in [5.74, 6) is 0. The van der Waals surface area contributed by atoms with Gasteiger partial charge >= 0.3 is 0 Å². The van der Waals surface area contributed by atoms with Crippen LogP contribution in [0.2, 0.25) is 0 Å². The number of fused-ring (bicyclic) bond motifs is 14. The third-order valence-electron chi connectivity index (χ3n) is 6.66. The fourth-order valence-electron chi connectivity index (χ4n) is 5.34. The Hall–Kier alpha value is -4.64. The van der Waals surface area contributed by atoms with Gasteiger partial charge in [0.2, 0.25) is 0 Å². The van der Waals surface area contributed by atoms with Crippen LogP contribution < -0.4 is 0 Å². The molecule has 33 heavy (non-hydrogen) atoms. The highest BCUT2D eigenvalue weighted by molar-refractivity contribution is 6.36. The maximum Gasteiger partial charge on any atom is 0.199 e. The largest absolute Gasteiger partial charge is 0.298 e. The maximum atomic E-state index is 5.03. The van der Waals surface area contributed by atoms with Crippen LogP contribution in [0.15, 0.2) is 91.4 Å². The van der Waals surface area contributed by atoms with Gasteiger partial charge in [-0.2, -0.15) is 0 Å². The minimum Gasteiger partial charge on any atom is -0.298 e. The lowest BCUT2D eigenvalue weighted by atomic mass is 9.93. The van der Waals surface area contributed by atoms with E-state index in [9.17, 15) is 0 Å². The molecule has 0 aliphatic carbocycles. The maximum absolute atomic E-state index is 5.03. The van der Waals surface area contributed by atoms with E-state index in [0.717, 1.165) is 22.1 Å². The number of hydrogen-bond acceptors (Lipinski definition) is 4. The van der Waals surface area contributed by atoms with Gasteiger partial charge in [0.25, 0.3) is 0 Å². The summed E-state index contributed by atoms with van der Waals surface area (Å²) in [5.41, 5.74) is 3.88. The number of benzene rings is 4. The van der Waals surface area contributed by atoms with Gasteiger partial charge in [-0.25, -0.2) is 19.9 Å². The average Bonchev–Trinajstić information content (AvgIpc) is 3.27. The molecule has 8 rings (SSSR count). The van der Waals surface area contributed by atoms with Crippen LogP contribution in [0.4, 0.5) is 0 Å². The molecule has 5 nitrogen and oxygen atoms in total. The van der Waals surface area contributed by atoms with E-state index in [4.69, 9.17) is 9.97 Å². The van der Waals surface area contributed by atoms with E-state index in [1.807, 2.05) is 0 Å². The molecular formula is C28H15N5. The van der Waals surface area contributed by atoms with Gasteiger partial charge in [0.15, 0.2) is 16.9 Å². The molecule has 152 valence electrons. The molecule has 0 saturated carbocycles. The first-order valence-corrected chi connectivity index (χ1v) is 10.9. The van der Waals surface area contributed by atoms with E-state index in [-0.39, 0.29) is 0 Å². The standard InChI is InChI=1S/C28H15N5/c1-2-8-17-16(7-1)15-33-25(17)23-21-12-6-4-10-19(21)18-9-3-5-11-20(18)22(23)24-28(33)32-27-26(31-24)29-13-14-30-27/h1-15H. The summed E-state index contributed by atoms with van der Waals surface area (Å²) >= 11 is 0. The van der Waals surface area contributed by atoms with Crippen molar-refractivity contribution in [2.45, 2.75) is 0 Å². The van der Waals surface area contributed by atoms with E-state index in [0.29, 0.717) is 11.3 Å². The van der Waals surface area contributed by atoms with Gasteiger partial charge in [-0.05, 0) is 21.5 Å². The summed E-state index contributed by atoms with van der Waals surface area (Å²) in [7, 11) is 0. The second-order valence-electron chi connectivity index (χ2n) is 8.38. The zero-order valence-corrected chi connectivity index (χ0v) is 17.4. The number of pyridine rings is 1. The quantitative estimate of drug-likeness (QED) is 0.209. The lowest BCUT2D eigenvalue weighted by Crippen LogP contribution is -1.99. The molecule has 0 atom stereocenters. The Morgan fingerprint density at radius 1 is 0.545 bits per heavy atom. The van der Waals surface area contributed by atoms with Crippen LogP contribution in [0.25, 0.3) is 71.1 Å². The molecule has 0 saturated heterocycles. The van der Waals surface area contributed by atoms with Crippen LogP contribution >= 0.6 is 0 Å². The van der Waals surface area contributed by atoms with E-state index in [1.54, 1.807) is 12.4 Å². The monoisotopic (exact) mass is 421 g/mol. The molecule has 0 radical (unpaired) electrons. The molecule has 5 heteroatoms. The van der Waals surface area contributed by atoms with Gasteiger partial charge in [-0.15, -0.1) is 0 Å². The van der Waals surface area contributed by atoms with Crippen molar-refractivity contribution in [2.24, 2.45) is 0 Å². The predicted octanol–water partition coefficient (Wildman–Crippen LogP) is 6.44. The minimum atomic E-state index is 0.550. The molecule has 4 aromatic carbocycles. The van der Waals surface area contributed by atoms with Crippen molar-refractivity contribution in [3.63, 3.8) is 0 Å². The van der Waals surface area contributed by atoms with Gasteiger partial charge in [-0.3, -0.25) is 4.40 Å². The highest BCUT2D eigenvalue weighted by Crippen LogP contribution is 2.42. The molecule has 0 amide bonds.